The zero-order chi connectivity index (χ0) is 4.28. The maximum absolute atomic E-state index is 7.73. The molecule has 0 radical (unpaired) electrons. The van der Waals surface area contributed by atoms with Crippen molar-refractivity contribution in [3.8, 4) is 5.40 Å². The Morgan fingerprint density at radius 2 is 2.20 bits per heavy atom. The van der Waals surface area contributed by atoms with Gasteiger partial charge in [-0.1, -0.05) is 0 Å². The van der Waals surface area contributed by atoms with E-state index in [1.807, 2.05) is 0 Å². The molecule has 0 aromatic heterocycles. The van der Waals surface area contributed by atoms with Gasteiger partial charge in [-0.25, -0.2) is 0 Å². The van der Waals surface area contributed by atoms with E-state index in [2.05, 4.69) is 19.0 Å². The number of nitriles is 1. The van der Waals surface area contributed by atoms with Gasteiger partial charge >= 0.3 is 38.1 Å². The van der Waals surface area contributed by atoms with Gasteiger partial charge in [-0.05, 0) is 0 Å². The van der Waals surface area contributed by atoms with Gasteiger partial charge in [0.2, 0.25) is 0 Å². The number of thiocyanates is 1. The molecule has 0 N–H and O–H groups in total. The molecular weight excluding hydrogens is 121 g/mol. The summed E-state index contributed by atoms with van der Waals surface area (Å²) in [5.41, 5.74) is 0. The fourth-order valence-corrected chi connectivity index (χ4v) is 0. The molecule has 4 heteroatoms. The molecule has 0 aliphatic carbocycles. The summed E-state index contributed by atoms with van der Waals surface area (Å²) in [6, 6.07) is 0. The first kappa shape index (κ1) is 5.36. The van der Waals surface area contributed by atoms with E-state index in [1.165, 1.54) is 0 Å². The van der Waals surface area contributed by atoms with Crippen LogP contribution in [0.5, 0.6) is 0 Å². The molecule has 0 fully saturated rings. The van der Waals surface area contributed by atoms with E-state index in [0.717, 1.165) is 0 Å². The summed E-state index contributed by atoms with van der Waals surface area (Å²) < 4.78 is 0. The molecule has 0 bridgehead atoms. The van der Waals surface area contributed by atoms with Gasteiger partial charge in [0.1, 0.15) is 0 Å². The van der Waals surface area contributed by atoms with E-state index in [-0.39, 0.29) is 0 Å². The van der Waals surface area contributed by atoms with E-state index in [0.29, 0.717) is 0 Å². The van der Waals surface area contributed by atoms with Crippen LogP contribution in [-0.4, -0.2) is 0 Å². The van der Waals surface area contributed by atoms with Crippen LogP contribution in [0.15, 0.2) is 0 Å². The molecule has 0 amide bonds. The Bertz CT molecular complexity index is 158. The predicted molar refractivity (Wildman–Crippen MR) is 27.3 cm³/mol. The quantitative estimate of drug-likeness (QED) is 0.351. The van der Waals surface area contributed by atoms with Crippen LogP contribution in [0.4, 0.5) is 0 Å². The molecule has 0 aliphatic rings. The van der Waals surface area contributed by atoms with Crippen molar-refractivity contribution in [2.75, 3.05) is 0 Å². The Labute approximate surface area is 38.6 Å². The van der Waals surface area contributed by atoms with Gasteiger partial charge in [0.05, 0.1) is 0 Å². The molecule has 0 aromatic rings. The third-order valence-electron chi connectivity index (χ3n) is 0.0781. The maximum atomic E-state index is 7.73. The second-order valence-corrected chi connectivity index (χ2v) is 3.86. The fraction of sp³-hybridized carbons (Fsp3) is 0. The summed E-state index contributed by atoms with van der Waals surface area (Å²) in [5, 5.41) is 9.46. The Morgan fingerprint density at radius 3 is 2.20 bits per heavy atom. The van der Waals surface area contributed by atoms with E-state index in [4.69, 9.17) is 5.26 Å². The van der Waals surface area contributed by atoms with Crippen LogP contribution in [0, 0.1) is 10.7 Å². The van der Waals surface area contributed by atoms with Gasteiger partial charge < -0.3 is 0 Å². The third-order valence-corrected chi connectivity index (χ3v) is 0.703. The van der Waals surface area contributed by atoms with Crippen LogP contribution in [0.2, 0.25) is 0 Å². The Kier molecular flexibility index (Phi) is 2.78. The van der Waals surface area contributed by atoms with Crippen LogP contribution in [0.1, 0.15) is 0 Å². The molecule has 26 valence electrons. The van der Waals surface area contributed by atoms with Gasteiger partial charge in [-0.3, -0.25) is 0 Å². The van der Waals surface area contributed by atoms with Crippen molar-refractivity contribution < 1.29 is 0 Å². The fourth-order valence-electron chi connectivity index (χ4n) is 0. The van der Waals surface area contributed by atoms with Crippen LogP contribution in [0.25, 0.3) is 0 Å². The summed E-state index contributed by atoms with van der Waals surface area (Å²) in [6.45, 7) is 0. The minimum absolute atomic E-state index is 0.739. The first-order valence-corrected chi connectivity index (χ1v) is 3.98. The van der Waals surface area contributed by atoms with Crippen molar-refractivity contribution in [1.29, 1.82) is 5.26 Å². The van der Waals surface area contributed by atoms with E-state index in [1.54, 1.807) is 5.40 Å². The van der Waals surface area contributed by atoms with E-state index < -0.39 is 8.43 Å². The predicted octanol–water partition coefficient (Wildman–Crippen LogP) is 0.873. The third kappa shape index (κ3) is 4.36. The zero-order valence-electron chi connectivity index (χ0n) is 2.21. The Hall–Kier alpha value is 0.360. The monoisotopic (exact) mass is 121 g/mol. The first-order chi connectivity index (χ1) is 2.27. The molecule has 1 nitrogen and oxygen atoms in total. The molecule has 0 aromatic carbocycles. The molecule has 0 saturated carbocycles. The van der Waals surface area contributed by atoms with Gasteiger partial charge in [-0.15, -0.1) is 0 Å². The molecule has 0 rings (SSSR count). The molecule has 0 unspecified atom stereocenters. The van der Waals surface area contributed by atoms with Crippen LogP contribution in [0.3, 0.4) is 0 Å². The standard InChI is InChI=1S/CNPS2/c2-1-5(3)4. The molecular formula is CNPS2. The Morgan fingerprint density at radius 1 is 2.00 bits per heavy atom. The van der Waals surface area contributed by atoms with Crippen LogP contribution in [-0.2, 0) is 19.6 Å². The number of hydrogen-bond donors (Lipinski definition) is 0. The summed E-state index contributed by atoms with van der Waals surface area (Å²) in [5.74, 6) is 0. The molecule has 0 atom stereocenters. The average Bonchev–Trinajstić information content (AvgIpc) is 1.38. The van der Waals surface area contributed by atoms with Crippen molar-refractivity contribution in [2.45, 2.75) is 0 Å². The molecule has 0 aliphatic heterocycles. The summed E-state index contributed by atoms with van der Waals surface area (Å²) >= 11 is 4.31. The number of hydrogen-bond acceptors (Lipinski definition) is 2. The SMILES string of the molecule is N#CS(#P)=S. The molecule has 0 saturated heterocycles. The molecule has 0 spiro atoms. The van der Waals surface area contributed by atoms with Gasteiger partial charge in [0.15, 0.2) is 0 Å². The first-order valence-electron chi connectivity index (χ1n) is 0.777. The van der Waals surface area contributed by atoms with E-state index in [9.17, 15) is 0 Å². The summed E-state index contributed by atoms with van der Waals surface area (Å²) in [4.78, 5) is 0. The van der Waals surface area contributed by atoms with Gasteiger partial charge in [0.25, 0.3) is 0 Å². The minimum atomic E-state index is -0.739. The average molecular weight is 121 g/mol. The van der Waals surface area contributed by atoms with Crippen LogP contribution >= 0.6 is 7.81 Å². The number of rotatable bonds is 0. The number of nitrogens with zero attached hydrogens (tertiary/aromatic N) is 1. The normalized spacial score (nSPS) is 5.20. The van der Waals surface area contributed by atoms with Gasteiger partial charge in [-0.2, -0.15) is 0 Å². The second kappa shape index (κ2) is 2.59. The van der Waals surface area contributed by atoms with E-state index >= 15 is 0 Å². The topological polar surface area (TPSA) is 23.8 Å². The Balaban J connectivity index is 4.11. The van der Waals surface area contributed by atoms with Crippen molar-refractivity contribution in [3.05, 3.63) is 0 Å². The zero-order valence-corrected chi connectivity index (χ0v) is 4.74. The van der Waals surface area contributed by atoms with Crippen molar-refractivity contribution in [1.82, 2.24) is 0 Å². The molecule has 0 heterocycles. The van der Waals surface area contributed by atoms with Gasteiger partial charge in [0, 0.05) is 0 Å². The summed E-state index contributed by atoms with van der Waals surface area (Å²) in [7, 11) is 2.84. The van der Waals surface area contributed by atoms with Crippen LogP contribution < -0.4 is 0 Å². The summed E-state index contributed by atoms with van der Waals surface area (Å²) in [6.07, 6.45) is 0. The molecule has 5 heavy (non-hydrogen) atoms. The van der Waals surface area contributed by atoms with Crippen molar-refractivity contribution in [2.24, 2.45) is 0 Å². The second-order valence-electron chi connectivity index (χ2n) is 0.340. The van der Waals surface area contributed by atoms with Crippen molar-refractivity contribution >= 4 is 27.4 Å². The van der Waals surface area contributed by atoms with Crippen molar-refractivity contribution in [3.63, 3.8) is 0 Å².